The van der Waals surface area contributed by atoms with Crippen LogP contribution in [0.3, 0.4) is 0 Å². The maximum absolute atomic E-state index is 12.7. The molecule has 0 aromatic heterocycles. The van der Waals surface area contributed by atoms with Crippen molar-refractivity contribution in [1.29, 1.82) is 0 Å². The Kier molecular flexibility index (Phi) is 4.73. The third-order valence-corrected chi connectivity index (χ3v) is 5.08. The Morgan fingerprint density at radius 2 is 1.81 bits per heavy atom. The van der Waals surface area contributed by atoms with Gasteiger partial charge in [0.05, 0.1) is 31.3 Å². The first-order chi connectivity index (χ1) is 12.2. The second-order valence-electron chi connectivity index (χ2n) is 8.39. The summed E-state index contributed by atoms with van der Waals surface area (Å²) < 4.78 is 16.4. The molecule has 1 aliphatic carbocycles. The number of carbonyl (C=O) groups is 2. The van der Waals surface area contributed by atoms with Gasteiger partial charge in [-0.3, -0.25) is 9.69 Å². The Hall–Kier alpha value is -2.08. The summed E-state index contributed by atoms with van der Waals surface area (Å²) in [5.41, 5.74) is -0.633. The van der Waals surface area contributed by atoms with Crippen LogP contribution in [0, 0.1) is 5.41 Å². The summed E-state index contributed by atoms with van der Waals surface area (Å²) in [6.07, 6.45) is 0.714. The van der Waals surface area contributed by atoms with E-state index in [1.807, 2.05) is 51.1 Å². The van der Waals surface area contributed by atoms with Gasteiger partial charge < -0.3 is 14.2 Å². The Bertz CT molecular complexity index is 673. The molecule has 0 atom stereocenters. The highest BCUT2D eigenvalue weighted by Gasteiger charge is 2.71. The van der Waals surface area contributed by atoms with Crippen molar-refractivity contribution in [1.82, 2.24) is 4.90 Å². The van der Waals surface area contributed by atoms with Crippen molar-refractivity contribution < 1.29 is 23.8 Å². The van der Waals surface area contributed by atoms with Gasteiger partial charge in [0.1, 0.15) is 5.60 Å². The molecule has 0 unspecified atom stereocenters. The minimum atomic E-state index is -0.623. The van der Waals surface area contributed by atoms with Crippen LogP contribution < -0.4 is 0 Å². The van der Waals surface area contributed by atoms with Crippen molar-refractivity contribution in [2.45, 2.75) is 51.4 Å². The highest BCUT2D eigenvalue weighted by molar-refractivity contribution is 5.83. The predicted molar refractivity (Wildman–Crippen MR) is 95.5 cm³/mol. The number of methoxy groups -OCH3 is 1. The molecule has 0 spiro atoms. The van der Waals surface area contributed by atoms with Gasteiger partial charge in [-0.05, 0) is 39.2 Å². The predicted octanol–water partition coefficient (Wildman–Crippen LogP) is 3.15. The van der Waals surface area contributed by atoms with Gasteiger partial charge in [0.25, 0.3) is 0 Å². The van der Waals surface area contributed by atoms with Crippen molar-refractivity contribution in [2.75, 3.05) is 20.3 Å². The molecule has 2 aliphatic heterocycles. The van der Waals surface area contributed by atoms with Gasteiger partial charge in [-0.15, -0.1) is 0 Å². The minimum Gasteiger partial charge on any atom is -0.469 e. The molecule has 0 N–H and O–H groups in total. The molecule has 2 heterocycles. The van der Waals surface area contributed by atoms with Crippen LogP contribution >= 0.6 is 0 Å². The van der Waals surface area contributed by atoms with E-state index in [1.54, 1.807) is 4.90 Å². The van der Waals surface area contributed by atoms with Gasteiger partial charge in [-0.25, -0.2) is 4.79 Å². The summed E-state index contributed by atoms with van der Waals surface area (Å²) in [4.78, 5) is 26.6. The Labute approximate surface area is 154 Å². The fourth-order valence-corrected chi connectivity index (χ4v) is 4.09. The topological polar surface area (TPSA) is 65.1 Å². The molecule has 6 heteroatoms. The summed E-state index contributed by atoms with van der Waals surface area (Å²) in [5, 5.41) is 0. The normalized spacial score (nSPS) is 27.0. The number of esters is 1. The summed E-state index contributed by atoms with van der Waals surface area (Å²) >= 11 is 0. The zero-order valence-corrected chi connectivity index (χ0v) is 15.9. The number of hydrogen-bond donors (Lipinski definition) is 0. The van der Waals surface area contributed by atoms with E-state index >= 15 is 0 Å². The molecule has 1 saturated carbocycles. The highest BCUT2D eigenvalue weighted by atomic mass is 16.6. The van der Waals surface area contributed by atoms with E-state index in [4.69, 9.17) is 14.2 Å². The maximum Gasteiger partial charge on any atom is 0.410 e. The number of fused-ring (bicyclic) bond motifs is 1. The standard InChI is InChI=1S/C20H27NO5/c1-18(2,3)26-17(23)21-13-19(16(22)24-4)11-20(21,12-19)14-25-10-15-8-6-5-7-9-15/h5-9H,10-14H2,1-4H3. The lowest BCUT2D eigenvalue weighted by Gasteiger charge is -2.45. The van der Waals surface area contributed by atoms with E-state index in [1.165, 1.54) is 7.11 Å². The SMILES string of the molecule is COC(=O)C12CN(C(=O)OC(C)(C)C)C(COCc3ccccc3)(C1)C2. The lowest BCUT2D eigenvalue weighted by molar-refractivity contribution is -0.159. The van der Waals surface area contributed by atoms with Gasteiger partial charge >= 0.3 is 12.1 Å². The van der Waals surface area contributed by atoms with Gasteiger partial charge in [-0.2, -0.15) is 0 Å². The van der Waals surface area contributed by atoms with E-state index in [0.29, 0.717) is 32.6 Å². The molecule has 0 radical (unpaired) electrons. The highest BCUT2D eigenvalue weighted by Crippen LogP contribution is 2.60. The van der Waals surface area contributed by atoms with Crippen LogP contribution in [-0.2, 0) is 25.6 Å². The van der Waals surface area contributed by atoms with Gasteiger partial charge in [-0.1, -0.05) is 30.3 Å². The quantitative estimate of drug-likeness (QED) is 0.754. The number of hydrogen-bond acceptors (Lipinski definition) is 5. The average molecular weight is 361 g/mol. The van der Waals surface area contributed by atoms with Crippen molar-refractivity contribution in [3.05, 3.63) is 35.9 Å². The molecule has 3 fully saturated rings. The molecule has 142 valence electrons. The second-order valence-corrected chi connectivity index (χ2v) is 8.39. The first-order valence-corrected chi connectivity index (χ1v) is 8.91. The van der Waals surface area contributed by atoms with Crippen LogP contribution in [0.1, 0.15) is 39.2 Å². The van der Waals surface area contributed by atoms with Crippen LogP contribution in [0.25, 0.3) is 0 Å². The number of nitrogens with zero attached hydrogens (tertiary/aromatic N) is 1. The third kappa shape index (κ3) is 3.43. The second kappa shape index (κ2) is 6.58. The monoisotopic (exact) mass is 361 g/mol. The first-order valence-electron chi connectivity index (χ1n) is 8.91. The van der Waals surface area contributed by atoms with E-state index in [2.05, 4.69) is 0 Å². The summed E-state index contributed by atoms with van der Waals surface area (Å²) in [6, 6.07) is 9.88. The summed E-state index contributed by atoms with van der Waals surface area (Å²) in [6.45, 7) is 6.67. The number of ether oxygens (including phenoxy) is 3. The summed E-state index contributed by atoms with van der Waals surface area (Å²) in [7, 11) is 1.39. The number of carbonyl (C=O) groups excluding carboxylic acids is 2. The van der Waals surface area contributed by atoms with Crippen molar-refractivity contribution in [3.8, 4) is 0 Å². The lowest BCUT2D eigenvalue weighted by Crippen LogP contribution is -2.56. The molecule has 1 aromatic carbocycles. The molecule has 2 saturated heterocycles. The third-order valence-electron chi connectivity index (χ3n) is 5.08. The lowest BCUT2D eigenvalue weighted by atomic mass is 9.62. The molecule has 1 amide bonds. The first kappa shape index (κ1) is 18.7. The smallest absolute Gasteiger partial charge is 0.410 e. The number of amides is 1. The maximum atomic E-state index is 12.7. The Balaban J connectivity index is 1.70. The van der Waals surface area contributed by atoms with Gasteiger partial charge in [0, 0.05) is 6.54 Å². The average Bonchev–Trinajstić information content (AvgIpc) is 3.05. The van der Waals surface area contributed by atoms with Crippen LogP contribution in [0.4, 0.5) is 4.79 Å². The Morgan fingerprint density at radius 3 is 2.38 bits per heavy atom. The molecule has 4 rings (SSSR count). The van der Waals surface area contributed by atoms with E-state index < -0.39 is 22.6 Å². The molecule has 1 aromatic rings. The summed E-state index contributed by atoms with van der Waals surface area (Å²) in [5.74, 6) is -0.262. The minimum absolute atomic E-state index is 0.262. The Morgan fingerprint density at radius 1 is 1.15 bits per heavy atom. The molecule has 6 nitrogen and oxygen atoms in total. The molecular formula is C20H27NO5. The fourth-order valence-electron chi connectivity index (χ4n) is 4.09. The van der Waals surface area contributed by atoms with E-state index in [0.717, 1.165) is 5.56 Å². The van der Waals surface area contributed by atoms with E-state index in [9.17, 15) is 9.59 Å². The van der Waals surface area contributed by atoms with Crippen molar-refractivity contribution in [2.24, 2.45) is 5.41 Å². The van der Waals surface area contributed by atoms with E-state index in [-0.39, 0.29) is 5.97 Å². The largest absolute Gasteiger partial charge is 0.469 e. The van der Waals surface area contributed by atoms with Crippen LogP contribution in [-0.4, -0.2) is 48.4 Å². The fraction of sp³-hybridized carbons (Fsp3) is 0.600. The molecule has 2 bridgehead atoms. The molecular weight excluding hydrogens is 334 g/mol. The number of rotatable bonds is 5. The van der Waals surface area contributed by atoms with Gasteiger partial charge in [0.15, 0.2) is 0 Å². The molecule has 26 heavy (non-hydrogen) atoms. The van der Waals surface area contributed by atoms with Crippen molar-refractivity contribution in [3.63, 3.8) is 0 Å². The van der Waals surface area contributed by atoms with Crippen LogP contribution in [0.2, 0.25) is 0 Å². The molecule has 3 aliphatic rings. The van der Waals surface area contributed by atoms with Gasteiger partial charge in [0.2, 0.25) is 0 Å². The number of benzene rings is 1. The van der Waals surface area contributed by atoms with Crippen molar-refractivity contribution >= 4 is 12.1 Å². The zero-order chi connectivity index (χ0) is 19.0. The van der Waals surface area contributed by atoms with Crippen LogP contribution in [0.15, 0.2) is 30.3 Å². The van der Waals surface area contributed by atoms with Crippen LogP contribution in [0.5, 0.6) is 0 Å². The zero-order valence-electron chi connectivity index (χ0n) is 15.9.